The number of amides is 1. The van der Waals surface area contributed by atoms with Crippen LogP contribution in [0.4, 0.5) is 4.79 Å². The van der Waals surface area contributed by atoms with Gasteiger partial charge in [0.15, 0.2) is 0 Å². The van der Waals surface area contributed by atoms with E-state index in [0.717, 1.165) is 12.8 Å². The van der Waals surface area contributed by atoms with Gasteiger partial charge in [-0.1, -0.05) is 0 Å². The summed E-state index contributed by atoms with van der Waals surface area (Å²) in [5.74, 6) is 0.616. The van der Waals surface area contributed by atoms with Crippen molar-refractivity contribution >= 4 is 6.09 Å². The van der Waals surface area contributed by atoms with E-state index in [1.54, 1.807) is 43.0 Å². The molecule has 1 aromatic carbocycles. The summed E-state index contributed by atoms with van der Waals surface area (Å²) >= 11 is 0. The van der Waals surface area contributed by atoms with Crippen LogP contribution in [0, 0.1) is 11.3 Å². The minimum absolute atomic E-state index is 0.165. The molecule has 2 N–H and O–H groups in total. The lowest BCUT2D eigenvalue weighted by Crippen LogP contribution is -2.58. The molecule has 158 valence electrons. The van der Waals surface area contributed by atoms with E-state index < -0.39 is 17.8 Å². The summed E-state index contributed by atoms with van der Waals surface area (Å²) in [5, 5.41) is 28.6. The number of fused-ring (bicyclic) bond motifs is 2. The number of ether oxygens (including phenoxy) is 2. The van der Waals surface area contributed by atoms with E-state index in [9.17, 15) is 15.0 Å². The van der Waals surface area contributed by atoms with Gasteiger partial charge in [0.05, 0.1) is 18.2 Å². The molecule has 29 heavy (non-hydrogen) atoms. The van der Waals surface area contributed by atoms with E-state index in [4.69, 9.17) is 14.7 Å². The predicted molar refractivity (Wildman–Crippen MR) is 105 cm³/mol. The topological polar surface area (TPSA) is 106 Å². The second-order valence-electron chi connectivity index (χ2n) is 8.37. The Kier molecular flexibility index (Phi) is 6.63. The van der Waals surface area contributed by atoms with Gasteiger partial charge in [0.2, 0.25) is 0 Å². The highest BCUT2D eigenvalue weighted by Crippen LogP contribution is 2.31. The fourth-order valence-electron chi connectivity index (χ4n) is 3.88. The molecular formula is C21H29N3O5. The number of carbonyl (C=O) groups is 1. The first kappa shape index (κ1) is 21.4. The highest BCUT2D eigenvalue weighted by atomic mass is 16.6. The summed E-state index contributed by atoms with van der Waals surface area (Å²) in [6, 6.07) is 9.21. The van der Waals surface area contributed by atoms with Crippen LogP contribution in [-0.4, -0.2) is 82.7 Å². The molecule has 0 aliphatic carbocycles. The van der Waals surface area contributed by atoms with Crippen molar-refractivity contribution in [2.45, 2.75) is 50.5 Å². The summed E-state index contributed by atoms with van der Waals surface area (Å²) in [6.45, 7) is 4.89. The summed E-state index contributed by atoms with van der Waals surface area (Å²) in [5.41, 5.74) is -0.333. The van der Waals surface area contributed by atoms with Gasteiger partial charge in [0.1, 0.15) is 24.1 Å². The Labute approximate surface area is 171 Å². The zero-order valence-corrected chi connectivity index (χ0v) is 17.0. The Morgan fingerprint density at radius 2 is 1.90 bits per heavy atom. The minimum Gasteiger partial charge on any atom is -0.491 e. The van der Waals surface area contributed by atoms with Crippen LogP contribution in [0.2, 0.25) is 0 Å². The highest BCUT2D eigenvalue weighted by Gasteiger charge is 2.43. The van der Waals surface area contributed by atoms with E-state index in [1.807, 2.05) is 0 Å². The quantitative estimate of drug-likeness (QED) is 0.708. The molecule has 0 radical (unpaired) electrons. The van der Waals surface area contributed by atoms with Crippen LogP contribution in [0.15, 0.2) is 24.3 Å². The minimum atomic E-state index is -0.897. The third-order valence-electron chi connectivity index (χ3n) is 5.48. The van der Waals surface area contributed by atoms with E-state index in [2.05, 4.69) is 11.0 Å². The molecular weight excluding hydrogens is 374 g/mol. The summed E-state index contributed by atoms with van der Waals surface area (Å²) in [6.07, 6.45) is 0.896. The zero-order valence-electron chi connectivity index (χ0n) is 17.0. The van der Waals surface area contributed by atoms with Crippen molar-refractivity contribution < 1.29 is 24.5 Å². The van der Waals surface area contributed by atoms with Gasteiger partial charge in [-0.15, -0.1) is 0 Å². The summed E-state index contributed by atoms with van der Waals surface area (Å²) in [4.78, 5) is 16.4. The largest absolute Gasteiger partial charge is 0.491 e. The monoisotopic (exact) mass is 403 g/mol. The van der Waals surface area contributed by atoms with Crippen molar-refractivity contribution in [3.05, 3.63) is 29.8 Å². The van der Waals surface area contributed by atoms with Crippen LogP contribution in [0.3, 0.4) is 0 Å². The Morgan fingerprint density at radius 1 is 1.28 bits per heavy atom. The second kappa shape index (κ2) is 8.99. The molecule has 3 unspecified atom stereocenters. The third kappa shape index (κ3) is 5.38. The molecule has 3 atom stereocenters. The number of nitrogens with zero attached hydrogens (tertiary/aromatic N) is 3. The summed E-state index contributed by atoms with van der Waals surface area (Å²) in [7, 11) is 0. The molecule has 0 spiro atoms. The molecule has 8 nitrogen and oxygen atoms in total. The zero-order chi connectivity index (χ0) is 21.0. The molecule has 3 rings (SSSR count). The first-order valence-corrected chi connectivity index (χ1v) is 9.97. The number of hydrogen-bond acceptors (Lipinski definition) is 7. The third-order valence-corrected chi connectivity index (χ3v) is 5.48. The number of carbonyl (C=O) groups excluding carboxylic acids is 1. The molecule has 1 amide bonds. The lowest BCUT2D eigenvalue weighted by molar-refractivity contribution is -0.0372. The van der Waals surface area contributed by atoms with Gasteiger partial charge < -0.3 is 24.6 Å². The molecule has 2 saturated heterocycles. The number of likely N-dealkylation sites (tertiary alicyclic amines) is 1. The van der Waals surface area contributed by atoms with E-state index in [-0.39, 0.29) is 25.3 Å². The maximum absolute atomic E-state index is 12.4. The number of rotatable bonds is 7. The van der Waals surface area contributed by atoms with Crippen LogP contribution in [0.1, 0.15) is 32.3 Å². The van der Waals surface area contributed by atoms with Crippen molar-refractivity contribution in [3.8, 4) is 11.8 Å². The number of nitriles is 1. The fourth-order valence-corrected chi connectivity index (χ4v) is 3.88. The number of aliphatic hydroxyl groups is 2. The highest BCUT2D eigenvalue weighted by molar-refractivity contribution is 5.68. The number of hydrogen-bond donors (Lipinski definition) is 2. The van der Waals surface area contributed by atoms with Gasteiger partial charge in [-0.3, -0.25) is 4.90 Å². The Morgan fingerprint density at radius 3 is 2.45 bits per heavy atom. The van der Waals surface area contributed by atoms with Crippen molar-refractivity contribution in [2.75, 3.05) is 32.8 Å². The van der Waals surface area contributed by atoms with Crippen molar-refractivity contribution in [2.24, 2.45) is 0 Å². The predicted octanol–water partition coefficient (Wildman–Crippen LogP) is 1.35. The van der Waals surface area contributed by atoms with Crippen LogP contribution in [0.25, 0.3) is 0 Å². The van der Waals surface area contributed by atoms with Crippen LogP contribution < -0.4 is 4.74 Å². The second-order valence-corrected chi connectivity index (χ2v) is 8.37. The number of aliphatic hydroxyl groups excluding tert-OH is 2. The molecule has 8 heteroatoms. The molecule has 2 aliphatic heterocycles. The van der Waals surface area contributed by atoms with Crippen molar-refractivity contribution in [1.82, 2.24) is 9.80 Å². The van der Waals surface area contributed by atoms with Gasteiger partial charge in [0, 0.05) is 31.7 Å². The van der Waals surface area contributed by atoms with Gasteiger partial charge >= 0.3 is 6.09 Å². The molecule has 2 fully saturated rings. The van der Waals surface area contributed by atoms with Crippen LogP contribution in [0.5, 0.6) is 5.75 Å². The Bertz CT molecular complexity index is 732. The summed E-state index contributed by atoms with van der Waals surface area (Å²) < 4.78 is 11.0. The molecule has 0 aromatic heterocycles. The van der Waals surface area contributed by atoms with Crippen molar-refractivity contribution in [1.29, 1.82) is 5.26 Å². The average molecular weight is 403 g/mol. The molecule has 2 bridgehead atoms. The Hall–Kier alpha value is -2.34. The van der Waals surface area contributed by atoms with Gasteiger partial charge in [-0.2, -0.15) is 5.26 Å². The van der Waals surface area contributed by atoms with Crippen LogP contribution >= 0.6 is 0 Å². The smallest absolute Gasteiger partial charge is 0.410 e. The normalized spacial score (nSPS) is 22.8. The van der Waals surface area contributed by atoms with E-state index >= 15 is 0 Å². The Balaban J connectivity index is 1.49. The molecule has 2 aliphatic rings. The van der Waals surface area contributed by atoms with Gasteiger partial charge in [-0.05, 0) is 51.0 Å². The maximum Gasteiger partial charge on any atom is 0.410 e. The average Bonchev–Trinajstić information content (AvgIpc) is 2.93. The SMILES string of the molecule is CC(C)(CO)OC(=O)N1CC2CCC(C1)N2CC(O)COc1ccc(C#N)cc1. The van der Waals surface area contributed by atoms with Gasteiger partial charge in [-0.25, -0.2) is 4.79 Å². The number of piperazine rings is 1. The van der Waals surface area contributed by atoms with E-state index in [1.165, 1.54) is 0 Å². The van der Waals surface area contributed by atoms with Crippen molar-refractivity contribution in [3.63, 3.8) is 0 Å². The molecule has 0 saturated carbocycles. The van der Waals surface area contributed by atoms with Crippen LogP contribution in [-0.2, 0) is 4.74 Å². The fraction of sp³-hybridized carbons (Fsp3) is 0.619. The van der Waals surface area contributed by atoms with Gasteiger partial charge in [0.25, 0.3) is 0 Å². The number of benzene rings is 1. The van der Waals surface area contributed by atoms with E-state index in [0.29, 0.717) is 30.9 Å². The lowest BCUT2D eigenvalue weighted by Gasteiger charge is -2.42. The molecule has 1 aromatic rings. The first-order chi connectivity index (χ1) is 13.8. The molecule has 2 heterocycles. The lowest BCUT2D eigenvalue weighted by atomic mass is 10.1. The standard InChI is InChI=1S/C21H29N3O5/c1-21(2,14-25)29-20(27)23-10-16-5-6-17(11-23)24(16)12-18(26)13-28-19-7-3-15(9-22)4-8-19/h3-4,7-8,16-18,25-26H,5-6,10-14H2,1-2H3. The first-order valence-electron chi connectivity index (χ1n) is 9.97. The maximum atomic E-state index is 12.4.